The Labute approximate surface area is 88.6 Å². The minimum atomic E-state index is -0.186. The highest BCUT2D eigenvalue weighted by Crippen LogP contribution is 2.16. The van der Waals surface area contributed by atoms with Gasteiger partial charge in [-0.05, 0) is 18.2 Å². The Hall–Kier alpha value is -1.13. The van der Waals surface area contributed by atoms with Gasteiger partial charge in [-0.3, -0.25) is 9.69 Å². The maximum atomic E-state index is 11.4. The van der Waals surface area contributed by atoms with E-state index in [0.717, 1.165) is 37.3 Å². The number of likely N-dealkylation sites (N-methyl/N-ethyl adjacent to an activating group) is 1. The normalized spacial score (nSPS) is 16.4. The van der Waals surface area contributed by atoms with E-state index < -0.39 is 0 Å². The Balaban J connectivity index is 2.37. The van der Waals surface area contributed by atoms with Gasteiger partial charge in [0, 0.05) is 30.8 Å². The van der Waals surface area contributed by atoms with Gasteiger partial charge in [0.15, 0.2) is 0 Å². The Morgan fingerprint density at radius 3 is 3.07 bits per heavy atom. The number of nitrogens with zero attached hydrogens (tertiary/aromatic N) is 1. The first-order valence-electron chi connectivity index (χ1n) is 5.31. The van der Waals surface area contributed by atoms with Crippen molar-refractivity contribution in [2.24, 2.45) is 0 Å². The van der Waals surface area contributed by atoms with Crippen molar-refractivity contribution in [3.8, 4) is 0 Å². The van der Waals surface area contributed by atoms with Crippen LogP contribution in [-0.2, 0) is 19.6 Å². The van der Waals surface area contributed by atoms with Crippen LogP contribution in [0.1, 0.15) is 23.7 Å². The molecule has 1 aliphatic rings. The molecule has 1 aromatic rings. The van der Waals surface area contributed by atoms with Crippen LogP contribution in [0.3, 0.4) is 0 Å². The Morgan fingerprint density at radius 2 is 2.40 bits per heavy atom. The molecule has 15 heavy (non-hydrogen) atoms. The van der Waals surface area contributed by atoms with Crippen molar-refractivity contribution < 1.29 is 5.11 Å². The second-order valence-corrected chi connectivity index (χ2v) is 3.90. The number of aromatic amines is 1. The molecule has 0 unspecified atom stereocenters. The minimum absolute atomic E-state index is 0.152. The van der Waals surface area contributed by atoms with Gasteiger partial charge >= 0.3 is 0 Å². The summed E-state index contributed by atoms with van der Waals surface area (Å²) in [6.45, 7) is 4.83. The van der Waals surface area contributed by atoms with Crippen molar-refractivity contribution in [3.05, 3.63) is 33.2 Å². The molecule has 2 rings (SSSR count). The molecule has 0 fully saturated rings. The standard InChI is InChI=1S/C11H16N2O2/c1-2-13-4-3-10-8(6-13)5-9(7-14)11(15)12-10/h5,14H,2-4,6-7H2,1H3,(H,12,15). The van der Waals surface area contributed by atoms with Gasteiger partial charge in [0.25, 0.3) is 5.56 Å². The highest BCUT2D eigenvalue weighted by Gasteiger charge is 2.16. The van der Waals surface area contributed by atoms with Gasteiger partial charge in [-0.15, -0.1) is 0 Å². The molecule has 2 heterocycles. The number of aliphatic hydroxyl groups is 1. The van der Waals surface area contributed by atoms with Crippen LogP contribution in [0.2, 0.25) is 0 Å². The van der Waals surface area contributed by atoms with Gasteiger partial charge in [0.1, 0.15) is 0 Å². The fraction of sp³-hybridized carbons (Fsp3) is 0.545. The SMILES string of the molecule is CCN1CCc2[nH]c(=O)c(CO)cc2C1. The van der Waals surface area contributed by atoms with Crippen molar-refractivity contribution >= 4 is 0 Å². The van der Waals surface area contributed by atoms with Crippen LogP contribution in [0.4, 0.5) is 0 Å². The maximum absolute atomic E-state index is 11.4. The molecular weight excluding hydrogens is 192 g/mol. The molecule has 0 aromatic carbocycles. The van der Waals surface area contributed by atoms with Crippen molar-refractivity contribution in [2.45, 2.75) is 26.5 Å². The molecule has 0 saturated heterocycles. The van der Waals surface area contributed by atoms with Crippen molar-refractivity contribution in [2.75, 3.05) is 13.1 Å². The van der Waals surface area contributed by atoms with E-state index in [4.69, 9.17) is 5.11 Å². The van der Waals surface area contributed by atoms with E-state index in [9.17, 15) is 4.79 Å². The fourth-order valence-corrected chi connectivity index (χ4v) is 2.00. The third kappa shape index (κ3) is 1.96. The molecule has 2 N–H and O–H groups in total. The second kappa shape index (κ2) is 4.16. The smallest absolute Gasteiger partial charge is 0.253 e. The van der Waals surface area contributed by atoms with E-state index >= 15 is 0 Å². The van der Waals surface area contributed by atoms with Crippen LogP contribution in [-0.4, -0.2) is 28.1 Å². The number of hydrogen-bond acceptors (Lipinski definition) is 3. The Bertz CT molecular complexity index is 412. The van der Waals surface area contributed by atoms with E-state index in [2.05, 4.69) is 16.8 Å². The number of fused-ring (bicyclic) bond motifs is 1. The summed E-state index contributed by atoms with van der Waals surface area (Å²) < 4.78 is 0. The number of H-pyrrole nitrogens is 1. The molecule has 0 radical (unpaired) electrons. The van der Waals surface area contributed by atoms with Crippen molar-refractivity contribution in [1.29, 1.82) is 0 Å². The van der Waals surface area contributed by atoms with Crippen LogP contribution in [0.5, 0.6) is 0 Å². The summed E-state index contributed by atoms with van der Waals surface area (Å²) >= 11 is 0. The van der Waals surface area contributed by atoms with Crippen LogP contribution < -0.4 is 5.56 Å². The van der Waals surface area contributed by atoms with E-state index in [0.29, 0.717) is 5.56 Å². The topological polar surface area (TPSA) is 56.3 Å². The molecule has 1 aliphatic heterocycles. The van der Waals surface area contributed by atoms with Crippen LogP contribution in [0.15, 0.2) is 10.9 Å². The zero-order chi connectivity index (χ0) is 10.8. The summed E-state index contributed by atoms with van der Waals surface area (Å²) in [5, 5.41) is 9.01. The lowest BCUT2D eigenvalue weighted by molar-refractivity contribution is 0.261. The number of hydrogen-bond donors (Lipinski definition) is 2. The Kier molecular flexibility index (Phi) is 2.88. The number of aromatic nitrogens is 1. The van der Waals surface area contributed by atoms with Crippen molar-refractivity contribution in [1.82, 2.24) is 9.88 Å². The quantitative estimate of drug-likeness (QED) is 0.732. The predicted molar refractivity (Wildman–Crippen MR) is 57.6 cm³/mol. The monoisotopic (exact) mass is 208 g/mol. The molecule has 0 saturated carbocycles. The third-order valence-corrected chi connectivity index (χ3v) is 2.98. The first kappa shape index (κ1) is 10.4. The van der Waals surface area contributed by atoms with Gasteiger partial charge in [-0.2, -0.15) is 0 Å². The van der Waals surface area contributed by atoms with Crippen LogP contribution >= 0.6 is 0 Å². The maximum Gasteiger partial charge on any atom is 0.253 e. The zero-order valence-corrected chi connectivity index (χ0v) is 8.92. The molecule has 4 nitrogen and oxygen atoms in total. The fourth-order valence-electron chi connectivity index (χ4n) is 2.00. The number of aliphatic hydroxyl groups excluding tert-OH is 1. The van der Waals surface area contributed by atoms with E-state index in [-0.39, 0.29) is 12.2 Å². The summed E-state index contributed by atoms with van der Waals surface area (Å²) in [5.41, 5.74) is 2.49. The van der Waals surface area contributed by atoms with Gasteiger partial charge in [0.05, 0.1) is 6.61 Å². The van der Waals surface area contributed by atoms with E-state index in [1.807, 2.05) is 6.07 Å². The van der Waals surface area contributed by atoms with Crippen LogP contribution in [0, 0.1) is 0 Å². The molecular formula is C11H16N2O2. The highest BCUT2D eigenvalue weighted by atomic mass is 16.3. The summed E-state index contributed by atoms with van der Waals surface area (Å²) in [6.07, 6.45) is 0.893. The molecule has 0 bridgehead atoms. The lowest BCUT2D eigenvalue weighted by Crippen LogP contribution is -2.32. The highest BCUT2D eigenvalue weighted by molar-refractivity contribution is 5.27. The first-order chi connectivity index (χ1) is 7.24. The summed E-state index contributed by atoms with van der Waals surface area (Å²) in [6, 6.07) is 1.83. The predicted octanol–water partition coefficient (Wildman–Crippen LogP) is 0.245. The molecule has 0 aliphatic carbocycles. The summed E-state index contributed by atoms with van der Waals surface area (Å²) in [7, 11) is 0. The number of pyridine rings is 1. The Morgan fingerprint density at radius 1 is 1.60 bits per heavy atom. The summed E-state index contributed by atoms with van der Waals surface area (Å²) in [5.74, 6) is 0. The largest absolute Gasteiger partial charge is 0.391 e. The lowest BCUT2D eigenvalue weighted by Gasteiger charge is -2.27. The molecule has 0 spiro atoms. The average molecular weight is 208 g/mol. The van der Waals surface area contributed by atoms with Crippen LogP contribution in [0.25, 0.3) is 0 Å². The van der Waals surface area contributed by atoms with Gasteiger partial charge in [-0.1, -0.05) is 6.92 Å². The van der Waals surface area contributed by atoms with E-state index in [1.165, 1.54) is 0 Å². The molecule has 4 heteroatoms. The van der Waals surface area contributed by atoms with Gasteiger partial charge in [-0.25, -0.2) is 0 Å². The molecule has 82 valence electrons. The number of nitrogens with one attached hydrogen (secondary N) is 1. The van der Waals surface area contributed by atoms with E-state index in [1.54, 1.807) is 0 Å². The third-order valence-electron chi connectivity index (χ3n) is 2.98. The summed E-state index contributed by atoms with van der Waals surface area (Å²) in [4.78, 5) is 16.6. The lowest BCUT2D eigenvalue weighted by atomic mass is 10.0. The molecule has 0 amide bonds. The minimum Gasteiger partial charge on any atom is -0.391 e. The van der Waals surface area contributed by atoms with Gasteiger partial charge in [0.2, 0.25) is 0 Å². The van der Waals surface area contributed by atoms with Crippen molar-refractivity contribution in [3.63, 3.8) is 0 Å². The average Bonchev–Trinajstić information content (AvgIpc) is 2.27. The van der Waals surface area contributed by atoms with Gasteiger partial charge < -0.3 is 10.1 Å². The first-order valence-corrected chi connectivity index (χ1v) is 5.31. The molecule has 0 atom stereocenters. The molecule has 1 aromatic heterocycles. The second-order valence-electron chi connectivity index (χ2n) is 3.90. The zero-order valence-electron chi connectivity index (χ0n) is 8.92. The number of rotatable bonds is 2.